The molecule has 1 aromatic carbocycles. The summed E-state index contributed by atoms with van der Waals surface area (Å²) in [7, 11) is 1.65. The summed E-state index contributed by atoms with van der Waals surface area (Å²) in [5.74, 6) is 1.09. The van der Waals surface area contributed by atoms with Crippen LogP contribution in [0.1, 0.15) is 77.8 Å². The van der Waals surface area contributed by atoms with Gasteiger partial charge in [-0.25, -0.2) is 0 Å². The molecule has 23 heavy (non-hydrogen) atoms. The van der Waals surface area contributed by atoms with Gasteiger partial charge in [-0.2, -0.15) is 0 Å². The van der Waals surface area contributed by atoms with Crippen molar-refractivity contribution in [1.29, 1.82) is 0 Å². The van der Waals surface area contributed by atoms with Crippen LogP contribution in [0.3, 0.4) is 0 Å². The highest BCUT2D eigenvalue weighted by Gasteiger charge is 2.21. The molecular formula is C20H33NO2. The standard InChI is InChI=1S/C18H27NO2.C2H6/c1-18(2,3)16-11-15(21-4)10-13(17(16)20)12-19-14-8-6-5-7-9-14;1-2/h10-12,14,20H,5-9H2,1-4H3;1-2H3. The highest BCUT2D eigenvalue weighted by atomic mass is 16.5. The largest absolute Gasteiger partial charge is 0.507 e. The van der Waals surface area contributed by atoms with Crippen LogP contribution in [-0.2, 0) is 5.41 Å². The molecule has 2 rings (SSSR count). The van der Waals surface area contributed by atoms with Crippen molar-refractivity contribution in [2.24, 2.45) is 4.99 Å². The molecule has 1 aromatic rings. The van der Waals surface area contributed by atoms with Crippen molar-refractivity contribution in [2.75, 3.05) is 7.11 Å². The van der Waals surface area contributed by atoms with Crippen molar-refractivity contribution >= 4 is 6.21 Å². The SMILES string of the molecule is CC.COc1cc(C=NC2CCCCC2)c(O)c(C(C)(C)C)c1. The van der Waals surface area contributed by atoms with Gasteiger partial charge in [0.15, 0.2) is 0 Å². The molecule has 3 heteroatoms. The molecule has 3 nitrogen and oxygen atoms in total. The molecule has 0 heterocycles. The number of methoxy groups -OCH3 is 1. The summed E-state index contributed by atoms with van der Waals surface area (Å²) in [5, 5.41) is 10.5. The number of hydrogen-bond donors (Lipinski definition) is 1. The number of nitrogens with zero attached hydrogens (tertiary/aromatic N) is 1. The first-order valence-electron chi connectivity index (χ1n) is 8.86. The van der Waals surface area contributed by atoms with E-state index in [2.05, 4.69) is 25.8 Å². The summed E-state index contributed by atoms with van der Waals surface area (Å²) < 4.78 is 5.36. The Balaban J connectivity index is 0.00000127. The smallest absolute Gasteiger partial charge is 0.128 e. The molecule has 0 atom stereocenters. The van der Waals surface area contributed by atoms with Gasteiger partial charge in [0.05, 0.1) is 7.11 Å². The highest BCUT2D eigenvalue weighted by Crippen LogP contribution is 2.36. The van der Waals surface area contributed by atoms with Crippen LogP contribution in [-0.4, -0.2) is 24.5 Å². The van der Waals surface area contributed by atoms with E-state index in [0.717, 1.165) is 29.7 Å². The monoisotopic (exact) mass is 319 g/mol. The molecule has 1 aliphatic carbocycles. The first-order valence-corrected chi connectivity index (χ1v) is 8.86. The Hall–Kier alpha value is -1.51. The Bertz CT molecular complexity index is 509. The van der Waals surface area contributed by atoms with Crippen molar-refractivity contribution in [1.82, 2.24) is 0 Å². The summed E-state index contributed by atoms with van der Waals surface area (Å²) in [6.45, 7) is 10.3. The lowest BCUT2D eigenvalue weighted by molar-refractivity contribution is 0.405. The minimum absolute atomic E-state index is 0.133. The van der Waals surface area contributed by atoms with Crippen LogP contribution >= 0.6 is 0 Å². The van der Waals surface area contributed by atoms with Crippen LogP contribution in [0.2, 0.25) is 0 Å². The van der Waals surface area contributed by atoms with Crippen LogP contribution in [0.25, 0.3) is 0 Å². The van der Waals surface area contributed by atoms with Gasteiger partial charge >= 0.3 is 0 Å². The van der Waals surface area contributed by atoms with Gasteiger partial charge < -0.3 is 9.84 Å². The molecule has 0 aromatic heterocycles. The molecule has 0 amide bonds. The van der Waals surface area contributed by atoms with Gasteiger partial charge in [0, 0.05) is 23.4 Å². The first kappa shape index (κ1) is 19.5. The van der Waals surface area contributed by atoms with E-state index in [1.54, 1.807) is 7.11 Å². The molecule has 1 fully saturated rings. The van der Waals surface area contributed by atoms with Crippen LogP contribution in [0.5, 0.6) is 11.5 Å². The van der Waals surface area contributed by atoms with Crippen LogP contribution in [0.4, 0.5) is 0 Å². The van der Waals surface area contributed by atoms with Crippen LogP contribution in [0.15, 0.2) is 17.1 Å². The number of benzene rings is 1. The van der Waals surface area contributed by atoms with Crippen LogP contribution in [0, 0.1) is 0 Å². The fourth-order valence-corrected chi connectivity index (χ4v) is 2.83. The third-order valence-electron chi connectivity index (χ3n) is 4.16. The summed E-state index contributed by atoms with van der Waals surface area (Å²) in [4.78, 5) is 4.67. The second-order valence-corrected chi connectivity index (χ2v) is 6.93. The molecule has 1 N–H and O–H groups in total. The molecular weight excluding hydrogens is 286 g/mol. The highest BCUT2D eigenvalue weighted by molar-refractivity contribution is 5.85. The maximum atomic E-state index is 10.5. The van der Waals surface area contributed by atoms with E-state index in [1.165, 1.54) is 19.3 Å². The van der Waals surface area contributed by atoms with E-state index in [9.17, 15) is 5.11 Å². The molecule has 130 valence electrons. The van der Waals surface area contributed by atoms with Gasteiger partial charge in [-0.15, -0.1) is 0 Å². The Morgan fingerprint density at radius 1 is 1.13 bits per heavy atom. The topological polar surface area (TPSA) is 41.8 Å². The normalized spacial score (nSPS) is 16.1. The molecule has 1 saturated carbocycles. The Morgan fingerprint density at radius 3 is 2.26 bits per heavy atom. The van der Waals surface area contributed by atoms with Crippen molar-refractivity contribution in [3.05, 3.63) is 23.3 Å². The number of ether oxygens (including phenoxy) is 1. The van der Waals surface area contributed by atoms with Gasteiger partial charge in [0.25, 0.3) is 0 Å². The zero-order chi connectivity index (χ0) is 17.5. The summed E-state index contributed by atoms with van der Waals surface area (Å²) >= 11 is 0. The fourth-order valence-electron chi connectivity index (χ4n) is 2.83. The Morgan fingerprint density at radius 2 is 1.74 bits per heavy atom. The summed E-state index contributed by atoms with van der Waals surface area (Å²) in [6, 6.07) is 4.17. The Kier molecular flexibility index (Phi) is 7.60. The van der Waals surface area contributed by atoms with Gasteiger partial charge in [-0.3, -0.25) is 4.99 Å². The van der Waals surface area contributed by atoms with Gasteiger partial charge in [-0.1, -0.05) is 53.9 Å². The predicted molar refractivity (Wildman–Crippen MR) is 99.2 cm³/mol. The number of phenolic OH excluding ortho intramolecular Hbond substituents is 1. The average molecular weight is 319 g/mol. The number of hydrogen-bond acceptors (Lipinski definition) is 3. The van der Waals surface area contributed by atoms with Crippen molar-refractivity contribution in [3.63, 3.8) is 0 Å². The molecule has 0 saturated heterocycles. The fraction of sp³-hybridized carbons (Fsp3) is 0.650. The number of rotatable bonds is 3. The predicted octanol–water partition coefficient (Wildman–Crippen LogP) is 5.48. The minimum Gasteiger partial charge on any atom is -0.507 e. The second kappa shape index (κ2) is 8.95. The summed E-state index contributed by atoms with van der Waals surface area (Å²) in [5.41, 5.74) is 1.52. The van der Waals surface area contributed by atoms with Crippen molar-refractivity contribution < 1.29 is 9.84 Å². The van der Waals surface area contributed by atoms with Gasteiger partial charge in [0.1, 0.15) is 11.5 Å². The van der Waals surface area contributed by atoms with Crippen LogP contribution < -0.4 is 4.74 Å². The zero-order valence-corrected chi connectivity index (χ0v) is 15.6. The van der Waals surface area contributed by atoms with Crippen molar-refractivity contribution in [3.8, 4) is 11.5 Å². The number of aliphatic imine (C=N–C) groups is 1. The quantitative estimate of drug-likeness (QED) is 0.750. The maximum Gasteiger partial charge on any atom is 0.128 e. The zero-order valence-electron chi connectivity index (χ0n) is 15.6. The molecule has 0 spiro atoms. The van der Waals surface area contributed by atoms with Gasteiger partial charge in [-0.05, 0) is 30.4 Å². The lowest BCUT2D eigenvalue weighted by Crippen LogP contribution is -2.13. The number of aromatic hydroxyl groups is 1. The first-order chi connectivity index (χ1) is 10.9. The third-order valence-corrected chi connectivity index (χ3v) is 4.16. The third kappa shape index (κ3) is 5.56. The van der Waals surface area contributed by atoms with E-state index < -0.39 is 0 Å². The molecule has 1 aliphatic rings. The summed E-state index contributed by atoms with van der Waals surface area (Å²) in [6.07, 6.45) is 7.99. The van der Waals surface area contributed by atoms with Gasteiger partial charge in [0.2, 0.25) is 0 Å². The number of phenols is 1. The van der Waals surface area contributed by atoms with Crippen molar-refractivity contribution in [2.45, 2.75) is 78.2 Å². The lowest BCUT2D eigenvalue weighted by atomic mass is 9.85. The molecule has 0 unspecified atom stereocenters. The molecule has 0 aliphatic heterocycles. The average Bonchev–Trinajstić information content (AvgIpc) is 2.55. The van der Waals surface area contributed by atoms with E-state index in [0.29, 0.717) is 11.8 Å². The van der Waals surface area contributed by atoms with E-state index in [1.807, 2.05) is 32.2 Å². The Labute approximate surface area is 141 Å². The molecule has 0 radical (unpaired) electrons. The van der Waals surface area contributed by atoms with E-state index >= 15 is 0 Å². The maximum absolute atomic E-state index is 10.5. The molecule has 0 bridgehead atoms. The lowest BCUT2D eigenvalue weighted by Gasteiger charge is -2.22. The van der Waals surface area contributed by atoms with E-state index in [4.69, 9.17) is 4.74 Å². The minimum atomic E-state index is -0.133. The second-order valence-electron chi connectivity index (χ2n) is 6.93. The van der Waals surface area contributed by atoms with E-state index in [-0.39, 0.29) is 5.41 Å².